The Morgan fingerprint density at radius 3 is 3.00 bits per heavy atom. The van der Waals surface area contributed by atoms with E-state index in [0.29, 0.717) is 13.2 Å². The minimum atomic E-state index is 0.548. The van der Waals surface area contributed by atoms with Crippen LogP contribution in [0.15, 0.2) is 23.8 Å². The molecule has 2 rings (SSSR count). The number of aromatic nitrogens is 2. The lowest BCUT2D eigenvalue weighted by Crippen LogP contribution is -2.10. The van der Waals surface area contributed by atoms with Gasteiger partial charge < -0.3 is 10.1 Å². The molecule has 0 spiro atoms. The van der Waals surface area contributed by atoms with Crippen molar-refractivity contribution in [1.82, 2.24) is 15.3 Å². The van der Waals surface area contributed by atoms with Crippen LogP contribution in [0.2, 0.25) is 0 Å². The predicted molar refractivity (Wildman–Crippen MR) is 68.2 cm³/mol. The van der Waals surface area contributed by atoms with Crippen LogP contribution in [0.1, 0.15) is 16.3 Å². The third-order valence-corrected chi connectivity index (χ3v) is 3.02. The molecule has 0 radical (unpaired) electrons. The molecule has 0 atom stereocenters. The highest BCUT2D eigenvalue weighted by Gasteiger charge is 2.06. The van der Waals surface area contributed by atoms with Gasteiger partial charge in [0.1, 0.15) is 12.4 Å². The van der Waals surface area contributed by atoms with Gasteiger partial charge in [0, 0.05) is 18.4 Å². The topological polar surface area (TPSA) is 47.0 Å². The van der Waals surface area contributed by atoms with Gasteiger partial charge in [-0.1, -0.05) is 0 Å². The van der Waals surface area contributed by atoms with Gasteiger partial charge in [0.05, 0.1) is 16.1 Å². The molecule has 2 aromatic heterocycles. The molecule has 2 aromatic rings. The lowest BCUT2D eigenvalue weighted by molar-refractivity contribution is 0.303. The maximum absolute atomic E-state index is 5.76. The Morgan fingerprint density at radius 2 is 2.29 bits per heavy atom. The van der Waals surface area contributed by atoms with E-state index in [2.05, 4.69) is 15.3 Å². The van der Waals surface area contributed by atoms with Crippen LogP contribution in [-0.2, 0) is 13.2 Å². The smallest absolute Gasteiger partial charge is 0.142 e. The molecule has 1 N–H and O–H groups in total. The summed E-state index contributed by atoms with van der Waals surface area (Å²) < 4.78 is 5.76. The van der Waals surface area contributed by atoms with Crippen LogP contribution in [0, 0.1) is 6.92 Å². The van der Waals surface area contributed by atoms with E-state index in [1.54, 1.807) is 16.8 Å². The van der Waals surface area contributed by atoms with E-state index in [1.807, 2.05) is 32.3 Å². The molecule has 0 aliphatic carbocycles. The van der Waals surface area contributed by atoms with Crippen LogP contribution in [0.3, 0.4) is 0 Å². The Bertz CT molecular complexity index is 471. The van der Waals surface area contributed by atoms with Gasteiger partial charge in [-0.3, -0.25) is 9.97 Å². The molecule has 5 heteroatoms. The summed E-state index contributed by atoms with van der Waals surface area (Å²) in [5.41, 5.74) is 3.75. The van der Waals surface area contributed by atoms with Crippen molar-refractivity contribution >= 4 is 11.3 Å². The van der Waals surface area contributed by atoms with Gasteiger partial charge in [-0.15, -0.1) is 11.3 Å². The highest BCUT2D eigenvalue weighted by Crippen LogP contribution is 2.19. The SMILES string of the molecule is CNCc1nc(C)ccc1OCc1cncs1. The maximum Gasteiger partial charge on any atom is 0.142 e. The second kappa shape index (κ2) is 5.75. The lowest BCUT2D eigenvalue weighted by atomic mass is 10.3. The quantitative estimate of drug-likeness (QED) is 0.882. The number of pyridine rings is 1. The molecule has 0 fully saturated rings. The van der Waals surface area contributed by atoms with E-state index in [-0.39, 0.29) is 0 Å². The van der Waals surface area contributed by atoms with Gasteiger partial charge in [-0.05, 0) is 26.1 Å². The highest BCUT2D eigenvalue weighted by atomic mass is 32.1. The fourth-order valence-electron chi connectivity index (χ4n) is 1.49. The Morgan fingerprint density at radius 1 is 1.41 bits per heavy atom. The third-order valence-electron chi connectivity index (χ3n) is 2.27. The summed E-state index contributed by atoms with van der Waals surface area (Å²) in [6.07, 6.45) is 1.82. The van der Waals surface area contributed by atoms with Crippen molar-refractivity contribution in [2.75, 3.05) is 7.05 Å². The second-order valence-corrected chi connectivity index (χ2v) is 4.66. The summed E-state index contributed by atoms with van der Waals surface area (Å²) >= 11 is 1.59. The monoisotopic (exact) mass is 249 g/mol. The number of hydrogen-bond donors (Lipinski definition) is 1. The molecule has 17 heavy (non-hydrogen) atoms. The molecule has 0 unspecified atom stereocenters. The van der Waals surface area contributed by atoms with E-state index < -0.39 is 0 Å². The van der Waals surface area contributed by atoms with Crippen LogP contribution < -0.4 is 10.1 Å². The summed E-state index contributed by atoms with van der Waals surface area (Å²) in [6.45, 7) is 3.23. The summed E-state index contributed by atoms with van der Waals surface area (Å²) in [5.74, 6) is 0.832. The van der Waals surface area contributed by atoms with Crippen LogP contribution >= 0.6 is 11.3 Å². The minimum Gasteiger partial charge on any atom is -0.486 e. The molecule has 4 nitrogen and oxygen atoms in total. The first-order valence-corrected chi connectivity index (χ1v) is 6.29. The van der Waals surface area contributed by atoms with Crippen LogP contribution in [0.25, 0.3) is 0 Å². The van der Waals surface area contributed by atoms with Crippen molar-refractivity contribution in [3.05, 3.63) is 40.1 Å². The number of thiazole rings is 1. The molecule has 0 saturated carbocycles. The summed E-state index contributed by atoms with van der Waals surface area (Å²) in [6, 6.07) is 3.93. The van der Waals surface area contributed by atoms with Crippen LogP contribution in [0.5, 0.6) is 5.75 Å². The minimum absolute atomic E-state index is 0.548. The first-order valence-electron chi connectivity index (χ1n) is 5.41. The van der Waals surface area contributed by atoms with Gasteiger partial charge in [0.2, 0.25) is 0 Å². The molecular formula is C12H15N3OS. The van der Waals surface area contributed by atoms with Crippen molar-refractivity contribution in [2.24, 2.45) is 0 Å². The zero-order chi connectivity index (χ0) is 12.1. The van der Waals surface area contributed by atoms with Gasteiger partial charge in [-0.25, -0.2) is 0 Å². The summed E-state index contributed by atoms with van der Waals surface area (Å²) in [4.78, 5) is 9.59. The molecule has 0 aliphatic heterocycles. The number of nitrogens with one attached hydrogen (secondary N) is 1. The Kier molecular flexibility index (Phi) is 4.06. The number of nitrogens with zero attached hydrogens (tertiary/aromatic N) is 2. The van der Waals surface area contributed by atoms with Gasteiger partial charge >= 0.3 is 0 Å². The van der Waals surface area contributed by atoms with Gasteiger partial charge in [0.15, 0.2) is 0 Å². The largest absolute Gasteiger partial charge is 0.486 e. The van der Waals surface area contributed by atoms with E-state index in [1.165, 1.54) is 0 Å². The van der Waals surface area contributed by atoms with E-state index in [4.69, 9.17) is 4.74 Å². The van der Waals surface area contributed by atoms with E-state index in [0.717, 1.165) is 22.0 Å². The van der Waals surface area contributed by atoms with Crippen molar-refractivity contribution < 1.29 is 4.74 Å². The number of hydrogen-bond acceptors (Lipinski definition) is 5. The third kappa shape index (κ3) is 3.25. The predicted octanol–water partition coefficient (Wildman–Crippen LogP) is 2.14. The van der Waals surface area contributed by atoms with Crippen molar-refractivity contribution in [2.45, 2.75) is 20.1 Å². The summed E-state index contributed by atoms with van der Waals surface area (Å²) in [7, 11) is 1.90. The van der Waals surface area contributed by atoms with Crippen molar-refractivity contribution in [3.8, 4) is 5.75 Å². The first-order chi connectivity index (χ1) is 8.29. The average Bonchev–Trinajstić information content (AvgIpc) is 2.81. The van der Waals surface area contributed by atoms with Crippen LogP contribution in [0.4, 0.5) is 0 Å². The first kappa shape index (κ1) is 12.0. The molecule has 0 aromatic carbocycles. The normalized spacial score (nSPS) is 10.5. The average molecular weight is 249 g/mol. The molecule has 2 heterocycles. The fourth-order valence-corrected chi connectivity index (χ4v) is 1.99. The molecule has 0 saturated heterocycles. The molecule has 0 bridgehead atoms. The lowest BCUT2D eigenvalue weighted by Gasteiger charge is -2.10. The second-order valence-electron chi connectivity index (χ2n) is 3.68. The van der Waals surface area contributed by atoms with Gasteiger partial charge in [0.25, 0.3) is 0 Å². The van der Waals surface area contributed by atoms with E-state index >= 15 is 0 Å². The van der Waals surface area contributed by atoms with E-state index in [9.17, 15) is 0 Å². The zero-order valence-corrected chi connectivity index (χ0v) is 10.8. The standard InChI is InChI=1S/C12H15N3OS/c1-9-3-4-12(11(15-9)6-13-2)16-7-10-5-14-8-17-10/h3-5,8,13H,6-7H2,1-2H3. The Balaban J connectivity index is 2.08. The summed E-state index contributed by atoms with van der Waals surface area (Å²) in [5, 5.41) is 3.09. The molecule has 0 amide bonds. The zero-order valence-electron chi connectivity index (χ0n) is 9.93. The molecule has 0 aliphatic rings. The molecular weight excluding hydrogens is 234 g/mol. The molecule has 90 valence electrons. The number of ether oxygens (including phenoxy) is 1. The Hall–Kier alpha value is -1.46. The van der Waals surface area contributed by atoms with Crippen LogP contribution in [-0.4, -0.2) is 17.0 Å². The highest BCUT2D eigenvalue weighted by molar-refractivity contribution is 7.09. The van der Waals surface area contributed by atoms with Crippen molar-refractivity contribution in [1.29, 1.82) is 0 Å². The fraction of sp³-hybridized carbons (Fsp3) is 0.333. The number of rotatable bonds is 5. The van der Waals surface area contributed by atoms with Crippen molar-refractivity contribution in [3.63, 3.8) is 0 Å². The number of aryl methyl sites for hydroxylation is 1. The Labute approximate surface area is 105 Å². The van der Waals surface area contributed by atoms with Gasteiger partial charge in [-0.2, -0.15) is 0 Å². The maximum atomic E-state index is 5.76.